The van der Waals surface area contributed by atoms with Crippen LogP contribution >= 0.6 is 0 Å². The Bertz CT molecular complexity index is 1020. The van der Waals surface area contributed by atoms with Crippen molar-refractivity contribution >= 4 is 21.6 Å². The van der Waals surface area contributed by atoms with Gasteiger partial charge in [0.05, 0.1) is 18.1 Å². The van der Waals surface area contributed by atoms with Crippen LogP contribution in [0.3, 0.4) is 0 Å². The second-order valence-corrected chi connectivity index (χ2v) is 9.34. The Hall–Kier alpha value is -2.62. The average Bonchev–Trinajstić information content (AvgIpc) is 2.99. The first kappa shape index (κ1) is 20.6. The third kappa shape index (κ3) is 4.43. The molecule has 9 heteroatoms. The van der Waals surface area contributed by atoms with E-state index in [0.29, 0.717) is 62.1 Å². The number of hydrogen-bond donors (Lipinski definition) is 1. The summed E-state index contributed by atoms with van der Waals surface area (Å²) in [5.74, 6) is 0.872. The zero-order valence-corrected chi connectivity index (χ0v) is 17.7. The molecule has 30 heavy (non-hydrogen) atoms. The van der Waals surface area contributed by atoms with Gasteiger partial charge < -0.3 is 19.7 Å². The van der Waals surface area contributed by atoms with Gasteiger partial charge in [0.25, 0.3) is 5.91 Å². The Balaban J connectivity index is 1.44. The van der Waals surface area contributed by atoms with E-state index in [1.54, 1.807) is 30.3 Å². The molecule has 160 valence electrons. The van der Waals surface area contributed by atoms with E-state index in [9.17, 15) is 13.2 Å². The van der Waals surface area contributed by atoms with Crippen LogP contribution in [0.4, 0.5) is 5.69 Å². The number of anilines is 1. The topological polar surface area (TPSA) is 88.2 Å². The van der Waals surface area contributed by atoms with Crippen molar-refractivity contribution < 1.29 is 22.7 Å². The van der Waals surface area contributed by atoms with E-state index in [4.69, 9.17) is 9.47 Å². The minimum atomic E-state index is -3.53. The van der Waals surface area contributed by atoms with Gasteiger partial charge in [-0.2, -0.15) is 4.31 Å². The number of fused-ring (bicyclic) bond motifs is 1. The molecule has 0 bridgehead atoms. The van der Waals surface area contributed by atoms with Gasteiger partial charge in [-0.3, -0.25) is 4.79 Å². The van der Waals surface area contributed by atoms with Gasteiger partial charge in [0.1, 0.15) is 0 Å². The number of likely N-dealkylation sites (N-methyl/N-ethyl adjacent to an activating group) is 1. The van der Waals surface area contributed by atoms with E-state index in [1.165, 1.54) is 16.4 Å². The largest absolute Gasteiger partial charge is 0.490 e. The maximum absolute atomic E-state index is 12.8. The third-order valence-electron chi connectivity index (χ3n) is 5.22. The van der Waals surface area contributed by atoms with Crippen molar-refractivity contribution in [1.29, 1.82) is 0 Å². The lowest BCUT2D eigenvalue weighted by Gasteiger charge is -2.31. The van der Waals surface area contributed by atoms with Crippen LogP contribution in [0.25, 0.3) is 0 Å². The summed E-state index contributed by atoms with van der Waals surface area (Å²) in [4.78, 5) is 14.9. The fourth-order valence-corrected chi connectivity index (χ4v) is 4.82. The Morgan fingerprint density at radius 3 is 2.30 bits per heavy atom. The molecule has 2 aromatic rings. The summed E-state index contributed by atoms with van der Waals surface area (Å²) >= 11 is 0. The lowest BCUT2D eigenvalue weighted by molar-refractivity contribution is 0.102. The SMILES string of the molecule is CN1CCN(S(=O)(=O)c2ccc(NC(=O)c3ccc4c(c3)OCCCO4)cc2)CC1. The van der Waals surface area contributed by atoms with Crippen molar-refractivity contribution in [3.05, 3.63) is 48.0 Å². The molecule has 8 nitrogen and oxygen atoms in total. The standard InChI is InChI=1S/C21H25N3O5S/c1-23-9-11-24(12-10-23)30(26,27)18-6-4-17(5-7-18)22-21(25)16-3-8-19-20(15-16)29-14-2-13-28-19/h3-8,15H,2,9-14H2,1H3,(H,22,25). The van der Waals surface area contributed by atoms with Crippen LogP contribution in [-0.2, 0) is 10.0 Å². The highest BCUT2D eigenvalue weighted by Gasteiger charge is 2.27. The predicted octanol–water partition coefficient (Wildman–Crippen LogP) is 2.04. The minimum absolute atomic E-state index is 0.223. The number of ether oxygens (including phenoxy) is 2. The molecule has 0 spiro atoms. The van der Waals surface area contributed by atoms with E-state index in [1.807, 2.05) is 7.05 Å². The van der Waals surface area contributed by atoms with E-state index in [0.717, 1.165) is 6.42 Å². The molecule has 2 heterocycles. The number of piperazine rings is 1. The zero-order chi connectivity index (χ0) is 21.1. The summed E-state index contributed by atoms with van der Waals surface area (Å²) in [6.45, 7) is 3.50. The predicted molar refractivity (Wildman–Crippen MR) is 113 cm³/mol. The Morgan fingerprint density at radius 1 is 0.933 bits per heavy atom. The molecule has 0 aliphatic carbocycles. The number of benzene rings is 2. The monoisotopic (exact) mass is 431 g/mol. The average molecular weight is 432 g/mol. The van der Waals surface area contributed by atoms with E-state index < -0.39 is 10.0 Å². The molecule has 0 unspecified atom stereocenters. The summed E-state index contributed by atoms with van der Waals surface area (Å²) in [6, 6.07) is 11.3. The van der Waals surface area contributed by atoms with Gasteiger partial charge >= 0.3 is 0 Å². The Labute approximate surface area is 176 Å². The number of hydrogen-bond acceptors (Lipinski definition) is 6. The second kappa shape index (κ2) is 8.63. The molecule has 4 rings (SSSR count). The van der Waals surface area contributed by atoms with Crippen LogP contribution in [0.15, 0.2) is 47.4 Å². The molecule has 1 fully saturated rings. The van der Waals surface area contributed by atoms with Crippen molar-refractivity contribution in [2.24, 2.45) is 0 Å². The molecule has 2 aliphatic heterocycles. The molecule has 0 aromatic heterocycles. The van der Waals surface area contributed by atoms with Gasteiger partial charge in [-0.1, -0.05) is 0 Å². The van der Waals surface area contributed by atoms with Crippen molar-refractivity contribution in [1.82, 2.24) is 9.21 Å². The summed E-state index contributed by atoms with van der Waals surface area (Å²) in [5, 5.41) is 2.79. The number of nitrogens with zero attached hydrogens (tertiary/aromatic N) is 2. The molecule has 0 atom stereocenters. The summed E-state index contributed by atoms with van der Waals surface area (Å²) in [5.41, 5.74) is 0.956. The number of sulfonamides is 1. The van der Waals surface area contributed by atoms with Crippen LogP contribution in [-0.4, -0.2) is 70.0 Å². The number of carbonyl (C=O) groups is 1. The quantitative estimate of drug-likeness (QED) is 0.797. The van der Waals surface area contributed by atoms with Gasteiger partial charge in [-0.15, -0.1) is 0 Å². The van der Waals surface area contributed by atoms with Gasteiger partial charge in [0, 0.05) is 43.9 Å². The molecule has 2 aliphatic rings. The van der Waals surface area contributed by atoms with Crippen molar-refractivity contribution in [2.75, 3.05) is 51.8 Å². The number of rotatable bonds is 4. The molecular weight excluding hydrogens is 406 g/mol. The summed E-state index contributed by atoms with van der Waals surface area (Å²) < 4.78 is 38.3. The van der Waals surface area contributed by atoms with Crippen molar-refractivity contribution in [3.63, 3.8) is 0 Å². The number of nitrogens with one attached hydrogen (secondary N) is 1. The Kier molecular flexibility index (Phi) is 5.94. The zero-order valence-electron chi connectivity index (χ0n) is 16.8. The van der Waals surface area contributed by atoms with Crippen LogP contribution in [0.5, 0.6) is 11.5 Å². The molecule has 0 radical (unpaired) electrons. The van der Waals surface area contributed by atoms with Crippen LogP contribution in [0.2, 0.25) is 0 Å². The number of amides is 1. The molecule has 1 saturated heterocycles. The maximum atomic E-state index is 12.8. The van der Waals surface area contributed by atoms with Crippen LogP contribution < -0.4 is 14.8 Å². The highest BCUT2D eigenvalue weighted by molar-refractivity contribution is 7.89. The molecule has 0 saturated carbocycles. The molecule has 1 amide bonds. The van der Waals surface area contributed by atoms with Crippen LogP contribution in [0, 0.1) is 0 Å². The first-order chi connectivity index (χ1) is 14.4. The summed E-state index contributed by atoms with van der Waals surface area (Å²) in [7, 11) is -1.56. The molecule has 1 N–H and O–H groups in total. The Morgan fingerprint density at radius 2 is 1.60 bits per heavy atom. The lowest BCUT2D eigenvalue weighted by atomic mass is 10.2. The van der Waals surface area contributed by atoms with Crippen molar-refractivity contribution in [3.8, 4) is 11.5 Å². The first-order valence-electron chi connectivity index (χ1n) is 9.93. The lowest BCUT2D eigenvalue weighted by Crippen LogP contribution is -2.46. The van der Waals surface area contributed by atoms with E-state index in [2.05, 4.69) is 10.2 Å². The van der Waals surface area contributed by atoms with Crippen LogP contribution in [0.1, 0.15) is 16.8 Å². The highest BCUT2D eigenvalue weighted by Crippen LogP contribution is 2.30. The normalized spacial score (nSPS) is 17.9. The fourth-order valence-electron chi connectivity index (χ4n) is 3.40. The maximum Gasteiger partial charge on any atom is 0.255 e. The van der Waals surface area contributed by atoms with E-state index in [-0.39, 0.29) is 10.8 Å². The summed E-state index contributed by atoms with van der Waals surface area (Å²) in [6.07, 6.45) is 0.791. The number of carbonyl (C=O) groups excluding carboxylic acids is 1. The smallest absolute Gasteiger partial charge is 0.255 e. The highest BCUT2D eigenvalue weighted by atomic mass is 32.2. The first-order valence-corrected chi connectivity index (χ1v) is 11.4. The van der Waals surface area contributed by atoms with E-state index >= 15 is 0 Å². The fraction of sp³-hybridized carbons (Fsp3) is 0.381. The molecule has 2 aromatic carbocycles. The second-order valence-electron chi connectivity index (χ2n) is 7.40. The van der Waals surface area contributed by atoms with Gasteiger partial charge in [-0.25, -0.2) is 8.42 Å². The third-order valence-corrected chi connectivity index (χ3v) is 7.13. The van der Waals surface area contributed by atoms with Gasteiger partial charge in [0.2, 0.25) is 10.0 Å². The van der Waals surface area contributed by atoms with Gasteiger partial charge in [-0.05, 0) is 49.5 Å². The van der Waals surface area contributed by atoms with Gasteiger partial charge in [0.15, 0.2) is 11.5 Å². The minimum Gasteiger partial charge on any atom is -0.490 e. The molecular formula is C21H25N3O5S. The van der Waals surface area contributed by atoms with Crippen molar-refractivity contribution in [2.45, 2.75) is 11.3 Å².